The highest BCUT2D eigenvalue weighted by Crippen LogP contribution is 2.27. The molecule has 3 rings (SSSR count). The van der Waals surface area contributed by atoms with Gasteiger partial charge in [-0.3, -0.25) is 9.59 Å². The second-order valence-electron chi connectivity index (χ2n) is 6.44. The number of hydrogen-bond acceptors (Lipinski definition) is 5. The molecule has 1 unspecified atom stereocenters. The predicted octanol–water partition coefficient (Wildman–Crippen LogP) is 2.95. The molecule has 1 aliphatic rings. The van der Waals surface area contributed by atoms with Crippen molar-refractivity contribution in [3.63, 3.8) is 0 Å². The number of rotatable bonds is 5. The number of halogens is 3. The molecule has 0 radical (unpaired) electrons. The zero-order valence-corrected chi connectivity index (χ0v) is 15.2. The van der Waals surface area contributed by atoms with Crippen LogP contribution in [0.15, 0.2) is 49.3 Å². The SMILES string of the molecule is C=CC(=O)Nc1ccc(C(=O)N2CCC(Nc3cnc(C(F)(F)F)cn3)C2)cc1. The smallest absolute Gasteiger partial charge is 0.364 e. The van der Waals surface area contributed by atoms with Crippen molar-refractivity contribution >= 4 is 23.3 Å². The summed E-state index contributed by atoms with van der Waals surface area (Å²) < 4.78 is 37.6. The third kappa shape index (κ3) is 5.09. The molecule has 2 aromatic rings. The molecule has 0 spiro atoms. The normalized spacial score (nSPS) is 16.4. The van der Waals surface area contributed by atoms with Gasteiger partial charge < -0.3 is 15.5 Å². The van der Waals surface area contributed by atoms with Crippen LogP contribution in [0.3, 0.4) is 0 Å². The van der Waals surface area contributed by atoms with E-state index in [1.807, 2.05) is 0 Å². The molecule has 1 atom stereocenters. The first kappa shape index (κ1) is 20.3. The Morgan fingerprint density at radius 2 is 1.90 bits per heavy atom. The largest absolute Gasteiger partial charge is 0.434 e. The van der Waals surface area contributed by atoms with E-state index in [-0.39, 0.29) is 23.7 Å². The number of benzene rings is 1. The van der Waals surface area contributed by atoms with E-state index in [4.69, 9.17) is 0 Å². The minimum Gasteiger partial charge on any atom is -0.364 e. The first-order valence-electron chi connectivity index (χ1n) is 8.75. The van der Waals surface area contributed by atoms with Crippen LogP contribution in [0.2, 0.25) is 0 Å². The van der Waals surface area contributed by atoms with Gasteiger partial charge in [-0.15, -0.1) is 0 Å². The van der Waals surface area contributed by atoms with Crippen LogP contribution in [-0.4, -0.2) is 45.8 Å². The molecule has 2 N–H and O–H groups in total. The molecule has 29 heavy (non-hydrogen) atoms. The summed E-state index contributed by atoms with van der Waals surface area (Å²) in [7, 11) is 0. The highest BCUT2D eigenvalue weighted by molar-refractivity contribution is 5.99. The lowest BCUT2D eigenvalue weighted by Crippen LogP contribution is -2.31. The highest BCUT2D eigenvalue weighted by atomic mass is 19.4. The third-order valence-corrected chi connectivity index (χ3v) is 4.35. The fourth-order valence-electron chi connectivity index (χ4n) is 2.89. The van der Waals surface area contributed by atoms with Crippen molar-refractivity contribution in [1.82, 2.24) is 14.9 Å². The average Bonchev–Trinajstić information content (AvgIpc) is 3.16. The standard InChI is InChI=1S/C19H18F3N5O2/c1-2-17(28)26-13-5-3-12(4-6-13)18(29)27-8-7-14(11-27)25-16-10-23-15(9-24-16)19(20,21)22/h2-6,9-10,14H,1,7-8,11H2,(H,24,25)(H,26,28). The highest BCUT2D eigenvalue weighted by Gasteiger charge is 2.33. The van der Waals surface area contributed by atoms with Gasteiger partial charge in [-0.1, -0.05) is 6.58 Å². The zero-order chi connectivity index (χ0) is 21.0. The molecular formula is C19H18F3N5O2. The molecule has 1 aromatic carbocycles. The van der Waals surface area contributed by atoms with E-state index >= 15 is 0 Å². The Labute approximate surface area is 164 Å². The Bertz CT molecular complexity index is 898. The van der Waals surface area contributed by atoms with Crippen LogP contribution in [-0.2, 0) is 11.0 Å². The first-order valence-corrected chi connectivity index (χ1v) is 8.75. The number of amides is 2. The van der Waals surface area contributed by atoms with Gasteiger partial charge in [0.05, 0.1) is 12.4 Å². The van der Waals surface area contributed by atoms with Crippen molar-refractivity contribution in [3.05, 3.63) is 60.6 Å². The number of anilines is 2. The fraction of sp³-hybridized carbons (Fsp3) is 0.263. The van der Waals surface area contributed by atoms with E-state index in [0.29, 0.717) is 37.0 Å². The van der Waals surface area contributed by atoms with Crippen molar-refractivity contribution in [2.75, 3.05) is 23.7 Å². The summed E-state index contributed by atoms with van der Waals surface area (Å²) in [6.07, 6.45) is -1.05. The number of aromatic nitrogens is 2. The molecule has 1 fully saturated rings. The molecule has 2 heterocycles. The number of hydrogen-bond donors (Lipinski definition) is 2. The van der Waals surface area contributed by atoms with E-state index in [0.717, 1.165) is 12.3 Å². The van der Waals surface area contributed by atoms with Gasteiger partial charge in [-0.2, -0.15) is 13.2 Å². The molecule has 1 saturated heterocycles. The summed E-state index contributed by atoms with van der Waals surface area (Å²) in [5.74, 6) is -0.294. The van der Waals surface area contributed by atoms with Crippen LogP contribution in [0.4, 0.5) is 24.7 Å². The Balaban J connectivity index is 1.56. The van der Waals surface area contributed by atoms with Crippen LogP contribution >= 0.6 is 0 Å². The van der Waals surface area contributed by atoms with Gasteiger partial charge >= 0.3 is 6.18 Å². The van der Waals surface area contributed by atoms with Gasteiger partial charge in [-0.25, -0.2) is 9.97 Å². The second kappa shape index (κ2) is 8.29. The van der Waals surface area contributed by atoms with Gasteiger partial charge in [0.2, 0.25) is 5.91 Å². The van der Waals surface area contributed by atoms with E-state index in [2.05, 4.69) is 27.2 Å². The zero-order valence-electron chi connectivity index (χ0n) is 15.2. The number of carbonyl (C=O) groups is 2. The van der Waals surface area contributed by atoms with Gasteiger partial charge in [-0.05, 0) is 36.8 Å². The molecular weight excluding hydrogens is 387 g/mol. The maximum atomic E-state index is 12.6. The monoisotopic (exact) mass is 405 g/mol. The Morgan fingerprint density at radius 3 is 2.48 bits per heavy atom. The van der Waals surface area contributed by atoms with Crippen LogP contribution in [0.1, 0.15) is 22.5 Å². The first-order chi connectivity index (χ1) is 13.8. The van der Waals surface area contributed by atoms with Crippen LogP contribution in [0, 0.1) is 0 Å². The van der Waals surface area contributed by atoms with E-state index in [1.165, 1.54) is 0 Å². The molecule has 7 nitrogen and oxygen atoms in total. The molecule has 0 aliphatic carbocycles. The van der Waals surface area contributed by atoms with Crippen LogP contribution < -0.4 is 10.6 Å². The lowest BCUT2D eigenvalue weighted by Gasteiger charge is -2.18. The molecule has 0 bridgehead atoms. The van der Waals surface area contributed by atoms with Crippen molar-refractivity contribution in [3.8, 4) is 0 Å². The van der Waals surface area contributed by atoms with Crippen LogP contribution in [0.5, 0.6) is 0 Å². The van der Waals surface area contributed by atoms with E-state index < -0.39 is 11.9 Å². The lowest BCUT2D eigenvalue weighted by molar-refractivity contribution is -0.141. The number of nitrogens with zero attached hydrogens (tertiary/aromatic N) is 3. The van der Waals surface area contributed by atoms with Gasteiger partial charge in [0.25, 0.3) is 5.91 Å². The minimum absolute atomic E-state index is 0.142. The summed E-state index contributed by atoms with van der Waals surface area (Å²) in [4.78, 5) is 32.7. The van der Waals surface area contributed by atoms with E-state index in [1.54, 1.807) is 29.2 Å². The Hall–Kier alpha value is -3.43. The number of nitrogens with one attached hydrogen (secondary N) is 2. The van der Waals surface area contributed by atoms with Crippen LogP contribution in [0.25, 0.3) is 0 Å². The molecule has 2 amide bonds. The summed E-state index contributed by atoms with van der Waals surface area (Å²) in [5.41, 5.74) is -0.0381. The number of carbonyl (C=O) groups excluding carboxylic acids is 2. The number of alkyl halides is 3. The summed E-state index contributed by atoms with van der Waals surface area (Å²) in [6, 6.07) is 6.33. The summed E-state index contributed by atoms with van der Waals surface area (Å²) >= 11 is 0. The summed E-state index contributed by atoms with van der Waals surface area (Å²) in [5, 5.41) is 5.60. The average molecular weight is 405 g/mol. The van der Waals surface area contributed by atoms with Crippen molar-refractivity contribution in [1.29, 1.82) is 0 Å². The summed E-state index contributed by atoms with van der Waals surface area (Å²) in [6.45, 7) is 4.25. The molecule has 1 aromatic heterocycles. The van der Waals surface area contributed by atoms with Crippen molar-refractivity contribution in [2.24, 2.45) is 0 Å². The van der Waals surface area contributed by atoms with Crippen molar-refractivity contribution < 1.29 is 22.8 Å². The maximum absolute atomic E-state index is 12.6. The Kier molecular flexibility index (Phi) is 5.81. The molecule has 152 valence electrons. The van der Waals surface area contributed by atoms with Crippen molar-refractivity contribution in [2.45, 2.75) is 18.6 Å². The van der Waals surface area contributed by atoms with Gasteiger partial charge in [0.15, 0.2) is 5.69 Å². The quantitative estimate of drug-likeness (QED) is 0.747. The molecule has 1 aliphatic heterocycles. The van der Waals surface area contributed by atoms with E-state index in [9.17, 15) is 22.8 Å². The van der Waals surface area contributed by atoms with Gasteiger partial charge in [0.1, 0.15) is 5.82 Å². The number of likely N-dealkylation sites (tertiary alicyclic amines) is 1. The maximum Gasteiger partial charge on any atom is 0.434 e. The lowest BCUT2D eigenvalue weighted by atomic mass is 10.2. The topological polar surface area (TPSA) is 87.2 Å². The third-order valence-electron chi connectivity index (χ3n) is 4.35. The molecule has 0 saturated carbocycles. The van der Waals surface area contributed by atoms with Gasteiger partial charge in [0, 0.05) is 30.4 Å². The second-order valence-corrected chi connectivity index (χ2v) is 6.44. The fourth-order valence-corrected chi connectivity index (χ4v) is 2.89. The molecule has 10 heteroatoms. The Morgan fingerprint density at radius 1 is 1.17 bits per heavy atom. The predicted molar refractivity (Wildman–Crippen MR) is 100 cm³/mol. The minimum atomic E-state index is -4.54.